The zero-order chi connectivity index (χ0) is 19.9. The van der Waals surface area contributed by atoms with Gasteiger partial charge in [-0.05, 0) is 48.9 Å². The van der Waals surface area contributed by atoms with Gasteiger partial charge in [-0.3, -0.25) is 14.4 Å². The van der Waals surface area contributed by atoms with Gasteiger partial charge in [0.1, 0.15) is 6.54 Å². The first-order chi connectivity index (χ1) is 13.5. The highest BCUT2D eigenvalue weighted by Crippen LogP contribution is 2.29. The number of hydrogen-bond acceptors (Lipinski definition) is 4. The summed E-state index contributed by atoms with van der Waals surface area (Å²) in [5, 5.41) is 5.44. The monoisotopic (exact) mass is 380 g/mol. The van der Waals surface area contributed by atoms with Crippen molar-refractivity contribution in [2.75, 3.05) is 13.2 Å². The highest BCUT2D eigenvalue weighted by atomic mass is 16.5. The average Bonchev–Trinajstić information content (AvgIpc) is 2.71. The molecule has 0 spiro atoms. The first-order valence-electron chi connectivity index (χ1n) is 9.41. The summed E-state index contributed by atoms with van der Waals surface area (Å²) in [7, 11) is 0. The lowest BCUT2D eigenvalue weighted by Crippen LogP contribution is -2.36. The number of carbonyl (C=O) groups is 3. The number of hydrogen-bond donors (Lipinski definition) is 2. The summed E-state index contributed by atoms with van der Waals surface area (Å²) in [4.78, 5) is 36.1. The molecule has 2 aromatic rings. The van der Waals surface area contributed by atoms with Crippen LogP contribution in [0, 0.1) is 6.92 Å². The number of benzene rings is 2. The van der Waals surface area contributed by atoms with Crippen molar-refractivity contribution in [3.05, 3.63) is 70.8 Å². The number of fused-ring (bicyclic) bond motifs is 1. The van der Waals surface area contributed by atoms with E-state index in [1.165, 1.54) is 5.56 Å². The summed E-state index contributed by atoms with van der Waals surface area (Å²) in [5.41, 5.74) is 3.69. The fraction of sp³-hybridized carbons (Fsp3) is 0.318. The molecule has 1 unspecified atom stereocenters. The topological polar surface area (TPSA) is 84.5 Å². The van der Waals surface area contributed by atoms with Crippen LogP contribution < -0.4 is 10.6 Å². The van der Waals surface area contributed by atoms with Gasteiger partial charge in [-0.25, -0.2) is 0 Å². The Morgan fingerprint density at radius 3 is 2.64 bits per heavy atom. The normalized spacial score (nSPS) is 15.2. The molecule has 0 saturated heterocycles. The van der Waals surface area contributed by atoms with E-state index >= 15 is 0 Å². The van der Waals surface area contributed by atoms with E-state index in [9.17, 15) is 14.4 Å². The van der Waals surface area contributed by atoms with Gasteiger partial charge in [0, 0.05) is 5.56 Å². The van der Waals surface area contributed by atoms with Gasteiger partial charge in [-0.15, -0.1) is 0 Å². The summed E-state index contributed by atoms with van der Waals surface area (Å²) >= 11 is 0. The Bertz CT molecular complexity index is 878. The number of esters is 1. The average molecular weight is 380 g/mol. The first kappa shape index (κ1) is 19.6. The molecule has 0 heterocycles. The predicted molar refractivity (Wildman–Crippen MR) is 105 cm³/mol. The molecule has 1 aliphatic rings. The highest BCUT2D eigenvalue weighted by molar-refractivity contribution is 5.97. The number of rotatable bonds is 6. The van der Waals surface area contributed by atoms with Crippen molar-refractivity contribution in [1.29, 1.82) is 0 Å². The van der Waals surface area contributed by atoms with Crippen molar-refractivity contribution in [1.82, 2.24) is 10.6 Å². The van der Waals surface area contributed by atoms with Crippen molar-refractivity contribution in [3.63, 3.8) is 0 Å². The molecule has 0 aromatic heterocycles. The minimum absolute atomic E-state index is 0.0584. The molecule has 1 aliphatic carbocycles. The lowest BCUT2D eigenvalue weighted by molar-refractivity contribution is -0.147. The fourth-order valence-corrected chi connectivity index (χ4v) is 3.41. The molecule has 1 atom stereocenters. The Balaban J connectivity index is 1.43. The molecule has 0 fully saturated rings. The zero-order valence-corrected chi connectivity index (χ0v) is 15.9. The SMILES string of the molecule is Cc1ccccc1C(=O)NCC(=O)OCC(=O)NC1CCCc2ccccc21. The maximum absolute atomic E-state index is 12.2. The maximum atomic E-state index is 12.2. The molecule has 3 rings (SSSR count). The molecule has 0 saturated carbocycles. The summed E-state index contributed by atoms with van der Waals surface area (Å²) in [6.45, 7) is 1.17. The molecule has 2 aromatic carbocycles. The van der Waals surface area contributed by atoms with Crippen LogP contribution in [0.5, 0.6) is 0 Å². The Hall–Kier alpha value is -3.15. The summed E-state index contributed by atoms with van der Waals surface area (Å²) in [5.74, 6) is -1.35. The van der Waals surface area contributed by atoms with Gasteiger partial charge < -0.3 is 15.4 Å². The Kier molecular flexibility index (Phi) is 6.42. The van der Waals surface area contributed by atoms with Crippen LogP contribution in [0.15, 0.2) is 48.5 Å². The lowest BCUT2D eigenvalue weighted by atomic mass is 9.88. The van der Waals surface area contributed by atoms with Crippen molar-refractivity contribution in [2.45, 2.75) is 32.2 Å². The zero-order valence-electron chi connectivity index (χ0n) is 15.9. The molecule has 2 amide bonds. The number of aryl methyl sites for hydroxylation is 2. The second-order valence-corrected chi connectivity index (χ2v) is 6.87. The second-order valence-electron chi connectivity index (χ2n) is 6.87. The van der Waals surface area contributed by atoms with Crippen molar-refractivity contribution in [3.8, 4) is 0 Å². The minimum Gasteiger partial charge on any atom is -0.454 e. The third-order valence-electron chi connectivity index (χ3n) is 4.85. The van der Waals surface area contributed by atoms with Gasteiger partial charge in [0.15, 0.2) is 6.61 Å². The molecule has 28 heavy (non-hydrogen) atoms. The molecule has 0 bridgehead atoms. The molecule has 2 N–H and O–H groups in total. The third-order valence-corrected chi connectivity index (χ3v) is 4.85. The summed E-state index contributed by atoms with van der Waals surface area (Å²) in [6, 6.07) is 15.1. The van der Waals surface area contributed by atoms with Crippen molar-refractivity contribution in [2.24, 2.45) is 0 Å². The highest BCUT2D eigenvalue weighted by Gasteiger charge is 2.21. The van der Waals surface area contributed by atoms with E-state index in [4.69, 9.17) is 4.74 Å². The van der Waals surface area contributed by atoms with E-state index in [1.54, 1.807) is 12.1 Å². The van der Waals surface area contributed by atoms with E-state index in [1.807, 2.05) is 37.3 Å². The number of carbonyl (C=O) groups excluding carboxylic acids is 3. The standard InChI is InChI=1S/C22H24N2O4/c1-15-7-2-4-10-17(15)22(27)23-13-21(26)28-14-20(25)24-19-12-6-9-16-8-3-5-11-18(16)19/h2-5,7-8,10-11,19H,6,9,12-14H2,1H3,(H,23,27)(H,24,25). The van der Waals surface area contributed by atoms with Crippen molar-refractivity contribution >= 4 is 17.8 Å². The number of ether oxygens (including phenoxy) is 1. The van der Waals surface area contributed by atoms with Gasteiger partial charge in [-0.1, -0.05) is 42.5 Å². The van der Waals surface area contributed by atoms with Crippen LogP contribution >= 0.6 is 0 Å². The molecular formula is C22H24N2O4. The predicted octanol–water partition coefficient (Wildman–Crippen LogP) is 2.46. The van der Waals surface area contributed by atoms with E-state index in [0.29, 0.717) is 5.56 Å². The maximum Gasteiger partial charge on any atom is 0.325 e. The Morgan fingerprint density at radius 1 is 1.07 bits per heavy atom. The largest absolute Gasteiger partial charge is 0.454 e. The quantitative estimate of drug-likeness (QED) is 0.754. The van der Waals surface area contributed by atoms with Crippen LogP contribution in [0.3, 0.4) is 0 Å². The van der Waals surface area contributed by atoms with Crippen LogP contribution in [-0.4, -0.2) is 30.9 Å². The lowest BCUT2D eigenvalue weighted by Gasteiger charge is -2.26. The first-order valence-corrected chi connectivity index (χ1v) is 9.41. The van der Waals surface area contributed by atoms with Crippen LogP contribution in [0.25, 0.3) is 0 Å². The summed E-state index contributed by atoms with van der Waals surface area (Å²) in [6.07, 6.45) is 2.88. The van der Waals surface area contributed by atoms with E-state index in [-0.39, 0.29) is 31.0 Å². The van der Waals surface area contributed by atoms with Gasteiger partial charge in [0.25, 0.3) is 11.8 Å². The summed E-state index contributed by atoms with van der Waals surface area (Å²) < 4.78 is 4.98. The third kappa shape index (κ3) is 4.97. The molecule has 146 valence electrons. The van der Waals surface area contributed by atoms with Crippen LogP contribution in [0.4, 0.5) is 0 Å². The van der Waals surface area contributed by atoms with Crippen molar-refractivity contribution < 1.29 is 19.1 Å². The van der Waals surface area contributed by atoms with Gasteiger partial charge in [0.2, 0.25) is 0 Å². The smallest absolute Gasteiger partial charge is 0.325 e. The van der Waals surface area contributed by atoms with Crippen LogP contribution in [0.1, 0.15) is 45.9 Å². The van der Waals surface area contributed by atoms with Crippen LogP contribution in [0.2, 0.25) is 0 Å². The number of nitrogens with one attached hydrogen (secondary N) is 2. The molecule has 0 aliphatic heterocycles. The fourth-order valence-electron chi connectivity index (χ4n) is 3.41. The molecule has 6 nitrogen and oxygen atoms in total. The van der Waals surface area contributed by atoms with E-state index in [2.05, 4.69) is 16.7 Å². The van der Waals surface area contributed by atoms with Gasteiger partial charge in [0.05, 0.1) is 6.04 Å². The van der Waals surface area contributed by atoms with E-state index < -0.39 is 5.97 Å². The van der Waals surface area contributed by atoms with Gasteiger partial charge in [-0.2, -0.15) is 0 Å². The van der Waals surface area contributed by atoms with E-state index in [0.717, 1.165) is 30.4 Å². The molecular weight excluding hydrogens is 356 g/mol. The Morgan fingerprint density at radius 2 is 1.82 bits per heavy atom. The molecule has 0 radical (unpaired) electrons. The Labute approximate surface area is 164 Å². The molecule has 6 heteroatoms. The van der Waals surface area contributed by atoms with Crippen LogP contribution in [-0.2, 0) is 20.7 Å². The number of amides is 2. The minimum atomic E-state index is -0.652. The van der Waals surface area contributed by atoms with Gasteiger partial charge >= 0.3 is 5.97 Å². The second kappa shape index (κ2) is 9.17.